The van der Waals surface area contributed by atoms with Gasteiger partial charge in [-0.05, 0) is 19.8 Å². The van der Waals surface area contributed by atoms with Crippen LogP contribution in [0.2, 0.25) is 0 Å². The minimum Gasteiger partial charge on any atom is -0.481 e. The fraction of sp³-hybridized carbons (Fsp3) is 0.818. The zero-order chi connectivity index (χ0) is 12.0. The van der Waals surface area contributed by atoms with Gasteiger partial charge in [-0.15, -0.1) is 0 Å². The van der Waals surface area contributed by atoms with Gasteiger partial charge in [0.1, 0.15) is 0 Å². The summed E-state index contributed by atoms with van der Waals surface area (Å²) < 4.78 is 5.38. The third kappa shape index (κ3) is 4.61. The van der Waals surface area contributed by atoms with Gasteiger partial charge in [0.05, 0.1) is 6.10 Å². The largest absolute Gasteiger partial charge is 0.481 e. The van der Waals surface area contributed by atoms with Crippen molar-refractivity contribution < 1.29 is 19.4 Å². The van der Waals surface area contributed by atoms with Crippen LogP contribution in [0.4, 0.5) is 0 Å². The average Bonchev–Trinajstić information content (AvgIpc) is 2.60. The van der Waals surface area contributed by atoms with Gasteiger partial charge in [-0.2, -0.15) is 0 Å². The van der Waals surface area contributed by atoms with E-state index >= 15 is 0 Å². The quantitative estimate of drug-likeness (QED) is 0.705. The summed E-state index contributed by atoms with van der Waals surface area (Å²) in [5.41, 5.74) is 0. The summed E-state index contributed by atoms with van der Waals surface area (Å²) >= 11 is 0. The number of aliphatic carboxylic acids is 1. The lowest BCUT2D eigenvalue weighted by Gasteiger charge is -2.14. The maximum Gasteiger partial charge on any atom is 0.303 e. The van der Waals surface area contributed by atoms with Gasteiger partial charge in [0.25, 0.3) is 0 Å². The third-order valence-electron chi connectivity index (χ3n) is 2.89. The predicted octanol–water partition coefficient (Wildman–Crippen LogP) is 0.782. The maximum atomic E-state index is 11.3. The number of ether oxygens (including phenoxy) is 1. The second-order valence-corrected chi connectivity index (χ2v) is 4.18. The van der Waals surface area contributed by atoms with Gasteiger partial charge < -0.3 is 15.2 Å². The first-order valence-corrected chi connectivity index (χ1v) is 5.69. The second kappa shape index (κ2) is 6.48. The fourth-order valence-corrected chi connectivity index (χ4v) is 1.78. The maximum absolute atomic E-state index is 11.3. The molecule has 0 radical (unpaired) electrons. The first-order chi connectivity index (χ1) is 7.59. The molecule has 0 bridgehead atoms. The summed E-state index contributed by atoms with van der Waals surface area (Å²) in [7, 11) is 0. The van der Waals surface area contributed by atoms with Crippen molar-refractivity contribution in [2.45, 2.75) is 38.7 Å². The summed E-state index contributed by atoms with van der Waals surface area (Å²) in [4.78, 5) is 21.6. The zero-order valence-electron chi connectivity index (χ0n) is 9.57. The van der Waals surface area contributed by atoms with Gasteiger partial charge in [0, 0.05) is 31.9 Å². The van der Waals surface area contributed by atoms with Gasteiger partial charge in [-0.1, -0.05) is 0 Å². The number of hydrogen-bond acceptors (Lipinski definition) is 3. The molecule has 1 heterocycles. The SMILES string of the molecule is CC1OCCC1CNC(=O)CCCC(=O)O. The van der Waals surface area contributed by atoms with Crippen molar-refractivity contribution in [1.82, 2.24) is 5.32 Å². The number of nitrogens with one attached hydrogen (secondary N) is 1. The van der Waals surface area contributed by atoms with Crippen molar-refractivity contribution in [3.8, 4) is 0 Å². The molecule has 1 aliphatic rings. The molecular weight excluding hydrogens is 210 g/mol. The smallest absolute Gasteiger partial charge is 0.303 e. The van der Waals surface area contributed by atoms with Crippen LogP contribution in [-0.2, 0) is 14.3 Å². The Morgan fingerprint density at radius 1 is 1.44 bits per heavy atom. The molecule has 2 unspecified atom stereocenters. The molecule has 5 heteroatoms. The average molecular weight is 229 g/mol. The van der Waals surface area contributed by atoms with Crippen LogP contribution in [0.25, 0.3) is 0 Å². The summed E-state index contributed by atoms with van der Waals surface area (Å²) in [6.07, 6.45) is 1.93. The van der Waals surface area contributed by atoms with E-state index < -0.39 is 5.97 Å². The van der Waals surface area contributed by atoms with Gasteiger partial charge in [-0.25, -0.2) is 0 Å². The van der Waals surface area contributed by atoms with E-state index in [0.717, 1.165) is 13.0 Å². The summed E-state index contributed by atoms with van der Waals surface area (Å²) in [6, 6.07) is 0. The molecule has 0 saturated carbocycles. The highest BCUT2D eigenvalue weighted by molar-refractivity contribution is 5.76. The molecule has 0 aliphatic carbocycles. The Morgan fingerprint density at radius 2 is 2.19 bits per heavy atom. The first kappa shape index (κ1) is 13.0. The Hall–Kier alpha value is -1.10. The van der Waals surface area contributed by atoms with Gasteiger partial charge in [0.2, 0.25) is 5.91 Å². The molecule has 92 valence electrons. The van der Waals surface area contributed by atoms with Crippen LogP contribution in [0.1, 0.15) is 32.6 Å². The second-order valence-electron chi connectivity index (χ2n) is 4.18. The highest BCUT2D eigenvalue weighted by Crippen LogP contribution is 2.19. The van der Waals surface area contributed by atoms with Crippen LogP contribution in [0, 0.1) is 5.92 Å². The van der Waals surface area contributed by atoms with E-state index in [-0.39, 0.29) is 24.9 Å². The molecule has 16 heavy (non-hydrogen) atoms. The Kier molecular flexibility index (Phi) is 5.25. The van der Waals surface area contributed by atoms with Crippen LogP contribution in [0.15, 0.2) is 0 Å². The highest BCUT2D eigenvalue weighted by atomic mass is 16.5. The molecule has 1 amide bonds. The van der Waals surface area contributed by atoms with Gasteiger partial charge in [0.15, 0.2) is 0 Å². The molecule has 1 aliphatic heterocycles. The summed E-state index contributed by atoms with van der Waals surface area (Å²) in [5, 5.41) is 11.2. The number of amides is 1. The Labute approximate surface area is 95.2 Å². The third-order valence-corrected chi connectivity index (χ3v) is 2.89. The number of carbonyl (C=O) groups excluding carboxylic acids is 1. The number of hydrogen-bond donors (Lipinski definition) is 2. The van der Waals surface area contributed by atoms with E-state index in [1.165, 1.54) is 0 Å². The molecule has 2 atom stereocenters. The van der Waals surface area contributed by atoms with Crippen molar-refractivity contribution in [2.75, 3.05) is 13.2 Å². The van der Waals surface area contributed by atoms with Crippen molar-refractivity contribution in [3.63, 3.8) is 0 Å². The van der Waals surface area contributed by atoms with E-state index in [1.54, 1.807) is 0 Å². The molecular formula is C11H19NO4. The number of carbonyl (C=O) groups is 2. The minimum absolute atomic E-state index is 0.0519. The van der Waals surface area contributed by atoms with Crippen LogP contribution >= 0.6 is 0 Å². The number of rotatable bonds is 6. The van der Waals surface area contributed by atoms with Gasteiger partial charge in [-0.3, -0.25) is 9.59 Å². The molecule has 1 saturated heterocycles. The van der Waals surface area contributed by atoms with Crippen LogP contribution in [0.3, 0.4) is 0 Å². The highest BCUT2D eigenvalue weighted by Gasteiger charge is 2.24. The van der Waals surface area contributed by atoms with Crippen molar-refractivity contribution >= 4 is 11.9 Å². The lowest BCUT2D eigenvalue weighted by atomic mass is 10.0. The minimum atomic E-state index is -0.856. The van der Waals surface area contributed by atoms with Crippen LogP contribution in [0.5, 0.6) is 0 Å². The molecule has 0 spiro atoms. The Bertz CT molecular complexity index is 254. The Morgan fingerprint density at radius 3 is 2.75 bits per heavy atom. The fourth-order valence-electron chi connectivity index (χ4n) is 1.78. The number of carboxylic acids is 1. The van der Waals surface area contributed by atoms with E-state index in [9.17, 15) is 9.59 Å². The monoisotopic (exact) mass is 229 g/mol. The Balaban J connectivity index is 2.08. The molecule has 0 aromatic rings. The zero-order valence-corrected chi connectivity index (χ0v) is 9.57. The van der Waals surface area contributed by atoms with E-state index in [4.69, 9.17) is 9.84 Å². The lowest BCUT2D eigenvalue weighted by molar-refractivity contribution is -0.137. The van der Waals surface area contributed by atoms with E-state index in [2.05, 4.69) is 5.32 Å². The standard InChI is InChI=1S/C11H19NO4/c1-8-9(5-6-16-8)7-12-10(13)3-2-4-11(14)15/h8-9H,2-7H2,1H3,(H,12,13)(H,14,15). The summed E-state index contributed by atoms with van der Waals surface area (Å²) in [5.74, 6) is -0.533. The molecule has 1 fully saturated rings. The number of carboxylic acid groups (broad SMARTS) is 1. The van der Waals surface area contributed by atoms with Crippen LogP contribution in [-0.4, -0.2) is 36.2 Å². The van der Waals surface area contributed by atoms with Gasteiger partial charge >= 0.3 is 5.97 Å². The normalized spacial score (nSPS) is 24.3. The van der Waals surface area contributed by atoms with E-state index in [0.29, 0.717) is 18.9 Å². The van der Waals surface area contributed by atoms with Crippen LogP contribution < -0.4 is 5.32 Å². The molecule has 0 aromatic carbocycles. The van der Waals surface area contributed by atoms with Crippen molar-refractivity contribution in [2.24, 2.45) is 5.92 Å². The molecule has 1 rings (SSSR count). The van der Waals surface area contributed by atoms with Crippen molar-refractivity contribution in [3.05, 3.63) is 0 Å². The summed E-state index contributed by atoms with van der Waals surface area (Å²) in [6.45, 7) is 3.40. The topological polar surface area (TPSA) is 75.6 Å². The lowest BCUT2D eigenvalue weighted by Crippen LogP contribution is -2.31. The molecule has 0 aromatic heterocycles. The molecule has 5 nitrogen and oxygen atoms in total. The van der Waals surface area contributed by atoms with Crippen molar-refractivity contribution in [1.29, 1.82) is 0 Å². The first-order valence-electron chi connectivity index (χ1n) is 5.69. The predicted molar refractivity (Wildman–Crippen MR) is 58.0 cm³/mol. The molecule has 2 N–H and O–H groups in total. The van der Waals surface area contributed by atoms with E-state index in [1.807, 2.05) is 6.92 Å².